The molecule has 10 nitrogen and oxygen atoms in total. The summed E-state index contributed by atoms with van der Waals surface area (Å²) < 4.78 is 7.09. The topological polar surface area (TPSA) is 129 Å². The van der Waals surface area contributed by atoms with Gasteiger partial charge in [0.15, 0.2) is 0 Å². The molecule has 20 heavy (non-hydrogen) atoms. The van der Waals surface area contributed by atoms with Gasteiger partial charge in [0.25, 0.3) is 0 Å². The average Bonchev–Trinajstić information content (AvgIpc) is 2.84. The molecule has 10 heteroatoms. The monoisotopic (exact) mass is 279 g/mol. The summed E-state index contributed by atoms with van der Waals surface area (Å²) in [4.78, 5) is 12.2. The first kappa shape index (κ1) is 13.9. The summed E-state index contributed by atoms with van der Waals surface area (Å²) >= 11 is 0. The highest BCUT2D eigenvalue weighted by molar-refractivity contribution is 5.34. The number of hydrogen-bond donors (Lipinski definition) is 3. The van der Waals surface area contributed by atoms with Crippen LogP contribution in [0.1, 0.15) is 12.7 Å². The Hall–Kier alpha value is -2.49. The first-order valence-corrected chi connectivity index (χ1v) is 6.15. The molecule has 0 unspecified atom stereocenters. The van der Waals surface area contributed by atoms with Gasteiger partial charge in [0.1, 0.15) is 12.2 Å². The molecule has 2 aromatic rings. The summed E-state index contributed by atoms with van der Waals surface area (Å²) in [6.07, 6.45) is 2.35. The summed E-state index contributed by atoms with van der Waals surface area (Å²) in [5.74, 6) is 6.80. The Morgan fingerprint density at radius 1 is 1.30 bits per heavy atom. The van der Waals surface area contributed by atoms with Crippen molar-refractivity contribution in [1.82, 2.24) is 29.7 Å². The zero-order chi connectivity index (χ0) is 14.4. The van der Waals surface area contributed by atoms with E-state index in [1.165, 1.54) is 0 Å². The molecule has 0 radical (unpaired) electrons. The van der Waals surface area contributed by atoms with Crippen LogP contribution in [0.2, 0.25) is 0 Å². The number of nitrogen functional groups attached to an aromatic ring is 1. The van der Waals surface area contributed by atoms with Crippen molar-refractivity contribution in [3.05, 3.63) is 12.2 Å². The number of anilines is 2. The summed E-state index contributed by atoms with van der Waals surface area (Å²) in [6.45, 7) is 2.92. The maximum Gasteiger partial charge on any atom is 0.323 e. The molecule has 0 saturated heterocycles. The van der Waals surface area contributed by atoms with E-state index in [0.717, 1.165) is 5.82 Å². The van der Waals surface area contributed by atoms with Crippen LogP contribution in [0.5, 0.6) is 6.01 Å². The normalized spacial score (nSPS) is 10.3. The van der Waals surface area contributed by atoms with E-state index in [-0.39, 0.29) is 12.0 Å². The van der Waals surface area contributed by atoms with Crippen molar-refractivity contribution in [3.63, 3.8) is 0 Å². The molecule has 0 aromatic carbocycles. The van der Waals surface area contributed by atoms with Crippen molar-refractivity contribution in [3.8, 4) is 6.01 Å². The predicted molar refractivity (Wildman–Crippen MR) is 72.0 cm³/mol. The van der Waals surface area contributed by atoms with E-state index in [2.05, 4.69) is 35.9 Å². The third kappa shape index (κ3) is 3.51. The van der Waals surface area contributed by atoms with Crippen LogP contribution in [-0.4, -0.2) is 42.9 Å². The van der Waals surface area contributed by atoms with Crippen LogP contribution in [0.15, 0.2) is 6.33 Å². The number of hydrazine groups is 1. The summed E-state index contributed by atoms with van der Waals surface area (Å²) in [7, 11) is 1.89. The Morgan fingerprint density at radius 3 is 2.75 bits per heavy atom. The fraction of sp³-hybridized carbons (Fsp3) is 0.500. The van der Waals surface area contributed by atoms with E-state index in [4.69, 9.17) is 10.6 Å². The van der Waals surface area contributed by atoms with Crippen LogP contribution in [0.4, 0.5) is 11.9 Å². The lowest BCUT2D eigenvalue weighted by molar-refractivity contribution is 0.312. The van der Waals surface area contributed by atoms with Crippen molar-refractivity contribution >= 4 is 11.9 Å². The van der Waals surface area contributed by atoms with E-state index >= 15 is 0 Å². The number of aromatic nitrogens is 6. The Kier molecular flexibility index (Phi) is 4.60. The molecule has 0 saturated carbocycles. The van der Waals surface area contributed by atoms with Crippen LogP contribution < -0.4 is 21.3 Å². The molecule has 108 valence electrons. The van der Waals surface area contributed by atoms with Crippen LogP contribution >= 0.6 is 0 Å². The molecular weight excluding hydrogens is 262 g/mol. The highest BCUT2D eigenvalue weighted by Crippen LogP contribution is 2.10. The molecule has 0 fully saturated rings. The average molecular weight is 279 g/mol. The third-order valence-electron chi connectivity index (χ3n) is 2.45. The second kappa shape index (κ2) is 6.61. The molecule has 0 atom stereocenters. The van der Waals surface area contributed by atoms with Gasteiger partial charge in [-0.25, -0.2) is 5.84 Å². The van der Waals surface area contributed by atoms with E-state index in [1.807, 2.05) is 18.5 Å². The molecule has 0 amide bonds. The summed E-state index contributed by atoms with van der Waals surface area (Å²) in [5, 5.41) is 10.9. The minimum Gasteiger partial charge on any atom is -0.464 e. The number of ether oxygens (including phenoxy) is 1. The summed E-state index contributed by atoms with van der Waals surface area (Å²) in [6, 6.07) is 0.219. The van der Waals surface area contributed by atoms with Crippen molar-refractivity contribution < 1.29 is 4.74 Å². The SMILES string of the molecule is CCOc1nc(NN)nc(NCCc2nncn2C)n1. The minimum atomic E-state index is 0.219. The molecule has 4 N–H and O–H groups in total. The Bertz CT molecular complexity index is 555. The fourth-order valence-electron chi connectivity index (χ4n) is 1.51. The Morgan fingerprint density at radius 2 is 2.10 bits per heavy atom. The largest absolute Gasteiger partial charge is 0.464 e. The first-order chi connectivity index (χ1) is 9.72. The van der Waals surface area contributed by atoms with Gasteiger partial charge in [0, 0.05) is 20.0 Å². The molecule has 0 aliphatic carbocycles. The zero-order valence-corrected chi connectivity index (χ0v) is 11.4. The van der Waals surface area contributed by atoms with Crippen LogP contribution in [-0.2, 0) is 13.5 Å². The van der Waals surface area contributed by atoms with Gasteiger partial charge in [-0.3, -0.25) is 5.43 Å². The van der Waals surface area contributed by atoms with Crippen molar-refractivity contribution in [2.45, 2.75) is 13.3 Å². The second-order valence-corrected chi connectivity index (χ2v) is 3.88. The summed E-state index contributed by atoms with van der Waals surface area (Å²) in [5.41, 5.74) is 2.37. The number of nitrogens with two attached hydrogens (primary N) is 1. The van der Waals surface area contributed by atoms with Gasteiger partial charge in [-0.15, -0.1) is 10.2 Å². The second-order valence-electron chi connectivity index (χ2n) is 3.88. The van der Waals surface area contributed by atoms with Crippen molar-refractivity contribution in [2.75, 3.05) is 23.9 Å². The van der Waals surface area contributed by atoms with E-state index < -0.39 is 0 Å². The standard InChI is InChI=1S/C10H17N9O/c1-3-20-10-15-8(14-9(16-10)17-11)12-5-4-7-18-13-6-19(7)2/h6H,3-5,11H2,1-2H3,(H2,12,14,15,16,17). The van der Waals surface area contributed by atoms with E-state index in [0.29, 0.717) is 25.5 Å². The van der Waals surface area contributed by atoms with Gasteiger partial charge in [-0.2, -0.15) is 15.0 Å². The van der Waals surface area contributed by atoms with E-state index in [9.17, 15) is 0 Å². The van der Waals surface area contributed by atoms with Gasteiger partial charge in [0.2, 0.25) is 11.9 Å². The van der Waals surface area contributed by atoms with Crippen LogP contribution in [0.25, 0.3) is 0 Å². The van der Waals surface area contributed by atoms with Gasteiger partial charge >= 0.3 is 6.01 Å². The number of aryl methyl sites for hydroxylation is 1. The maximum atomic E-state index is 5.30. The molecule has 2 heterocycles. The van der Waals surface area contributed by atoms with Crippen LogP contribution in [0.3, 0.4) is 0 Å². The lowest BCUT2D eigenvalue weighted by Crippen LogP contribution is -2.16. The lowest BCUT2D eigenvalue weighted by atomic mass is 10.4. The predicted octanol–water partition coefficient (Wildman–Crippen LogP) is -0.661. The van der Waals surface area contributed by atoms with Crippen molar-refractivity contribution in [1.29, 1.82) is 0 Å². The van der Waals surface area contributed by atoms with Gasteiger partial charge < -0.3 is 14.6 Å². The molecule has 2 aromatic heterocycles. The third-order valence-corrected chi connectivity index (χ3v) is 2.45. The number of hydrogen-bond acceptors (Lipinski definition) is 9. The quantitative estimate of drug-likeness (QED) is 0.446. The first-order valence-electron chi connectivity index (χ1n) is 6.15. The van der Waals surface area contributed by atoms with Gasteiger partial charge in [-0.05, 0) is 6.92 Å². The highest BCUT2D eigenvalue weighted by atomic mass is 16.5. The van der Waals surface area contributed by atoms with Gasteiger partial charge in [-0.1, -0.05) is 0 Å². The highest BCUT2D eigenvalue weighted by Gasteiger charge is 2.07. The van der Waals surface area contributed by atoms with E-state index in [1.54, 1.807) is 6.33 Å². The smallest absolute Gasteiger partial charge is 0.323 e. The lowest BCUT2D eigenvalue weighted by Gasteiger charge is -2.08. The number of nitrogens with one attached hydrogen (secondary N) is 2. The molecule has 2 rings (SSSR count). The Labute approximate surface area is 115 Å². The maximum absolute atomic E-state index is 5.30. The Balaban J connectivity index is 1.97. The van der Waals surface area contributed by atoms with Gasteiger partial charge in [0.05, 0.1) is 6.61 Å². The molecule has 0 spiro atoms. The molecule has 0 aliphatic rings. The molecule has 0 bridgehead atoms. The minimum absolute atomic E-state index is 0.219. The van der Waals surface area contributed by atoms with Crippen molar-refractivity contribution in [2.24, 2.45) is 12.9 Å². The molecule has 0 aliphatic heterocycles. The molecular formula is C10H17N9O. The number of nitrogens with zero attached hydrogens (tertiary/aromatic N) is 6. The zero-order valence-electron chi connectivity index (χ0n) is 11.4. The fourth-order valence-corrected chi connectivity index (χ4v) is 1.51. The number of rotatable bonds is 7. The van der Waals surface area contributed by atoms with Crippen LogP contribution in [0, 0.1) is 0 Å².